The quantitative estimate of drug-likeness (QED) is 0.481. The fraction of sp³-hybridized carbons (Fsp3) is 0.167. The number of aromatic nitrogens is 2. The molecule has 0 unspecified atom stereocenters. The maximum absolute atomic E-state index is 13.5. The zero-order chi connectivity index (χ0) is 21.8. The number of imidazole rings is 1. The molecule has 0 bridgehead atoms. The number of anilines is 1. The largest absolute Gasteiger partial charge is 0.493 e. The number of nitrogens with zero attached hydrogens (tertiary/aromatic N) is 2. The summed E-state index contributed by atoms with van der Waals surface area (Å²) in [6.45, 7) is 0.237. The molecule has 1 amide bonds. The summed E-state index contributed by atoms with van der Waals surface area (Å²) in [6.07, 6.45) is 0. The van der Waals surface area contributed by atoms with Gasteiger partial charge in [-0.15, -0.1) is 0 Å². The molecule has 4 rings (SSSR count). The first-order chi connectivity index (χ1) is 15.1. The van der Waals surface area contributed by atoms with Gasteiger partial charge in [-0.3, -0.25) is 4.79 Å². The van der Waals surface area contributed by atoms with E-state index in [1.165, 1.54) is 0 Å². The van der Waals surface area contributed by atoms with Gasteiger partial charge in [0.05, 0.1) is 44.6 Å². The number of H-pyrrole nitrogens is 1. The van der Waals surface area contributed by atoms with Crippen LogP contribution in [0.3, 0.4) is 0 Å². The normalized spacial score (nSPS) is 10.7. The van der Waals surface area contributed by atoms with Crippen LogP contribution in [-0.2, 0) is 6.54 Å². The third-order valence-corrected chi connectivity index (χ3v) is 4.97. The maximum Gasteiger partial charge on any atom is 0.258 e. The number of para-hydroxylation sites is 2. The van der Waals surface area contributed by atoms with E-state index in [-0.39, 0.29) is 12.5 Å². The Hall–Kier alpha value is -4.00. The summed E-state index contributed by atoms with van der Waals surface area (Å²) >= 11 is 0. The van der Waals surface area contributed by atoms with E-state index < -0.39 is 0 Å². The van der Waals surface area contributed by atoms with E-state index in [4.69, 9.17) is 14.2 Å². The van der Waals surface area contributed by atoms with E-state index in [2.05, 4.69) is 9.97 Å². The molecule has 0 aliphatic carbocycles. The molecule has 158 valence electrons. The first-order valence-electron chi connectivity index (χ1n) is 9.75. The van der Waals surface area contributed by atoms with Gasteiger partial charge in [0, 0.05) is 17.7 Å². The number of ether oxygens (including phenoxy) is 3. The smallest absolute Gasteiger partial charge is 0.258 e. The molecule has 0 saturated heterocycles. The Balaban J connectivity index is 1.81. The minimum atomic E-state index is -0.171. The van der Waals surface area contributed by atoms with Gasteiger partial charge in [-0.2, -0.15) is 0 Å². The molecule has 0 aliphatic heterocycles. The molecular formula is C24H23N3O4. The molecule has 0 atom stereocenters. The lowest BCUT2D eigenvalue weighted by Gasteiger charge is -2.24. The predicted molar refractivity (Wildman–Crippen MR) is 119 cm³/mol. The van der Waals surface area contributed by atoms with Gasteiger partial charge in [0.15, 0.2) is 11.5 Å². The lowest BCUT2D eigenvalue weighted by atomic mass is 10.1. The van der Waals surface area contributed by atoms with Crippen LogP contribution in [0.5, 0.6) is 17.2 Å². The lowest BCUT2D eigenvalue weighted by molar-refractivity contribution is 0.0984. The van der Waals surface area contributed by atoms with E-state index >= 15 is 0 Å². The highest BCUT2D eigenvalue weighted by molar-refractivity contribution is 6.06. The van der Waals surface area contributed by atoms with Crippen LogP contribution in [0.15, 0.2) is 66.7 Å². The zero-order valence-corrected chi connectivity index (χ0v) is 17.6. The topological polar surface area (TPSA) is 76.7 Å². The Morgan fingerprint density at radius 3 is 2.16 bits per heavy atom. The lowest BCUT2D eigenvalue weighted by Crippen LogP contribution is -2.31. The van der Waals surface area contributed by atoms with Crippen LogP contribution < -0.4 is 19.1 Å². The molecule has 0 spiro atoms. The van der Waals surface area contributed by atoms with Gasteiger partial charge < -0.3 is 24.1 Å². The molecule has 0 fully saturated rings. The van der Waals surface area contributed by atoms with Crippen molar-refractivity contribution in [3.05, 3.63) is 78.1 Å². The third kappa shape index (κ3) is 4.02. The summed E-state index contributed by atoms with van der Waals surface area (Å²) < 4.78 is 16.4. The molecule has 7 heteroatoms. The van der Waals surface area contributed by atoms with Crippen molar-refractivity contribution < 1.29 is 19.0 Å². The van der Waals surface area contributed by atoms with Crippen LogP contribution in [0.1, 0.15) is 16.2 Å². The number of nitrogens with one attached hydrogen (secondary N) is 1. The maximum atomic E-state index is 13.5. The van der Waals surface area contributed by atoms with E-state index in [0.717, 1.165) is 11.0 Å². The highest BCUT2D eigenvalue weighted by Gasteiger charge is 2.23. The van der Waals surface area contributed by atoms with Crippen molar-refractivity contribution in [1.82, 2.24) is 9.97 Å². The van der Waals surface area contributed by atoms with Crippen molar-refractivity contribution in [2.75, 3.05) is 26.2 Å². The summed E-state index contributed by atoms with van der Waals surface area (Å²) in [5.74, 6) is 1.89. The van der Waals surface area contributed by atoms with Crippen LogP contribution >= 0.6 is 0 Å². The molecule has 4 aromatic rings. The van der Waals surface area contributed by atoms with Crippen LogP contribution in [0.25, 0.3) is 11.0 Å². The average Bonchev–Trinajstić information content (AvgIpc) is 3.24. The van der Waals surface area contributed by atoms with Gasteiger partial charge in [0.1, 0.15) is 5.82 Å². The van der Waals surface area contributed by atoms with Gasteiger partial charge in [-0.25, -0.2) is 4.98 Å². The Labute approximate surface area is 180 Å². The second-order valence-electron chi connectivity index (χ2n) is 6.84. The zero-order valence-electron chi connectivity index (χ0n) is 17.6. The molecule has 0 saturated carbocycles. The van der Waals surface area contributed by atoms with Crippen molar-refractivity contribution in [1.29, 1.82) is 0 Å². The summed E-state index contributed by atoms with van der Waals surface area (Å²) in [5.41, 5.74) is 2.92. The number of benzene rings is 3. The highest BCUT2D eigenvalue weighted by atomic mass is 16.5. The molecule has 1 aromatic heterocycles. The number of carbonyl (C=O) groups is 1. The Morgan fingerprint density at radius 2 is 1.55 bits per heavy atom. The predicted octanol–water partition coefficient (Wildman–Crippen LogP) is 4.44. The minimum Gasteiger partial charge on any atom is -0.493 e. The molecule has 1 heterocycles. The van der Waals surface area contributed by atoms with Crippen molar-refractivity contribution in [3.63, 3.8) is 0 Å². The summed E-state index contributed by atoms with van der Waals surface area (Å²) in [4.78, 5) is 23.1. The Morgan fingerprint density at radius 1 is 0.903 bits per heavy atom. The van der Waals surface area contributed by atoms with Crippen LogP contribution in [0.2, 0.25) is 0 Å². The Bertz CT molecular complexity index is 1150. The Kier molecular flexibility index (Phi) is 5.75. The minimum absolute atomic E-state index is 0.171. The van der Waals surface area contributed by atoms with Crippen LogP contribution in [-0.4, -0.2) is 37.2 Å². The summed E-state index contributed by atoms with van der Waals surface area (Å²) in [6, 6.07) is 20.4. The van der Waals surface area contributed by atoms with Gasteiger partial charge in [0.25, 0.3) is 5.91 Å². The number of hydrogen-bond acceptors (Lipinski definition) is 5. The molecule has 0 aliphatic rings. The summed E-state index contributed by atoms with van der Waals surface area (Å²) in [7, 11) is 4.63. The number of rotatable bonds is 7. The first kappa shape index (κ1) is 20.3. The van der Waals surface area contributed by atoms with Crippen LogP contribution in [0, 0.1) is 0 Å². The summed E-state index contributed by atoms with van der Waals surface area (Å²) in [5, 5.41) is 0. The number of hydrogen-bond donors (Lipinski definition) is 1. The van der Waals surface area contributed by atoms with Gasteiger partial charge in [0.2, 0.25) is 5.75 Å². The van der Waals surface area contributed by atoms with Gasteiger partial charge in [-0.1, -0.05) is 30.3 Å². The van der Waals surface area contributed by atoms with Gasteiger partial charge in [-0.05, 0) is 24.3 Å². The standard InChI is InChI=1S/C24H23N3O4/c1-29-20-13-17(14-21(30-2)23(20)31-3)27(24(28)16-9-5-4-6-10-16)15-22-25-18-11-7-8-12-19(18)26-22/h4-14H,15H2,1-3H3,(H,25,26). The average molecular weight is 417 g/mol. The number of methoxy groups -OCH3 is 3. The van der Waals surface area contributed by atoms with Gasteiger partial charge >= 0.3 is 0 Å². The van der Waals surface area contributed by atoms with Crippen molar-refractivity contribution in [2.24, 2.45) is 0 Å². The first-order valence-corrected chi connectivity index (χ1v) is 9.75. The highest BCUT2D eigenvalue weighted by Crippen LogP contribution is 2.41. The second kappa shape index (κ2) is 8.79. The fourth-order valence-corrected chi connectivity index (χ4v) is 3.47. The number of amides is 1. The van der Waals surface area contributed by atoms with E-state index in [9.17, 15) is 4.79 Å². The van der Waals surface area contributed by atoms with E-state index in [0.29, 0.717) is 34.3 Å². The molecule has 31 heavy (non-hydrogen) atoms. The van der Waals surface area contributed by atoms with E-state index in [1.54, 1.807) is 50.5 Å². The fourth-order valence-electron chi connectivity index (χ4n) is 3.47. The monoisotopic (exact) mass is 417 g/mol. The molecular weight excluding hydrogens is 394 g/mol. The number of carbonyl (C=O) groups excluding carboxylic acids is 1. The number of fused-ring (bicyclic) bond motifs is 1. The van der Waals surface area contributed by atoms with Crippen LogP contribution in [0.4, 0.5) is 5.69 Å². The molecule has 1 N–H and O–H groups in total. The molecule has 3 aromatic carbocycles. The van der Waals surface area contributed by atoms with Crippen molar-refractivity contribution in [2.45, 2.75) is 6.54 Å². The molecule has 0 radical (unpaired) electrons. The second-order valence-corrected chi connectivity index (χ2v) is 6.84. The van der Waals surface area contributed by atoms with Crippen molar-refractivity contribution >= 4 is 22.6 Å². The van der Waals surface area contributed by atoms with E-state index in [1.807, 2.05) is 42.5 Å². The third-order valence-electron chi connectivity index (χ3n) is 4.97. The number of aromatic amines is 1. The molecule has 7 nitrogen and oxygen atoms in total. The van der Waals surface area contributed by atoms with Crippen molar-refractivity contribution in [3.8, 4) is 17.2 Å². The SMILES string of the molecule is COc1cc(N(Cc2nc3ccccc3[nH]2)C(=O)c2ccccc2)cc(OC)c1OC.